The molecule has 0 radical (unpaired) electrons. The van der Waals surface area contributed by atoms with Crippen LogP contribution in [0.3, 0.4) is 0 Å². The smallest absolute Gasteiger partial charge is 0.250 e. The molecule has 9 heteroatoms. The number of aryl methyl sites for hydroxylation is 1. The van der Waals surface area contributed by atoms with E-state index in [0.29, 0.717) is 34.2 Å². The predicted octanol–water partition coefficient (Wildman–Crippen LogP) is 3.89. The van der Waals surface area contributed by atoms with E-state index in [1.807, 2.05) is 0 Å². The average molecular weight is 446 g/mol. The number of benzene rings is 2. The predicted molar refractivity (Wildman–Crippen MR) is 114 cm³/mol. The van der Waals surface area contributed by atoms with Crippen LogP contribution >= 0.6 is 11.6 Å². The normalized spacial score (nSPS) is 10.7. The number of methoxy groups -OCH3 is 1. The van der Waals surface area contributed by atoms with Crippen molar-refractivity contribution in [3.05, 3.63) is 70.3 Å². The van der Waals surface area contributed by atoms with Gasteiger partial charge in [-0.3, -0.25) is 9.59 Å². The molecule has 3 rings (SSSR count). The Labute approximate surface area is 183 Å². The van der Waals surface area contributed by atoms with E-state index in [2.05, 4.69) is 15.6 Å². The third-order valence-corrected chi connectivity index (χ3v) is 4.73. The van der Waals surface area contributed by atoms with Crippen LogP contribution in [0.2, 0.25) is 5.02 Å². The monoisotopic (exact) mass is 445 g/mol. The van der Waals surface area contributed by atoms with Gasteiger partial charge in [-0.25, -0.2) is 9.37 Å². The summed E-state index contributed by atoms with van der Waals surface area (Å²) >= 11 is 5.97. The molecule has 2 amide bonds. The number of aromatic nitrogens is 1. The summed E-state index contributed by atoms with van der Waals surface area (Å²) in [4.78, 5) is 28.4. The molecule has 31 heavy (non-hydrogen) atoms. The largest absolute Gasteiger partial charge is 0.441 e. The van der Waals surface area contributed by atoms with Crippen molar-refractivity contribution in [3.63, 3.8) is 0 Å². The lowest BCUT2D eigenvalue weighted by Crippen LogP contribution is -2.25. The van der Waals surface area contributed by atoms with Crippen LogP contribution in [0.15, 0.2) is 46.9 Å². The Hall–Kier alpha value is -3.23. The van der Waals surface area contributed by atoms with Gasteiger partial charge in [-0.2, -0.15) is 0 Å². The van der Waals surface area contributed by atoms with Crippen LogP contribution in [0.5, 0.6) is 0 Å². The molecule has 0 fully saturated rings. The fraction of sp³-hybridized carbons (Fsp3) is 0.227. The number of hydrogen-bond donors (Lipinski definition) is 2. The number of rotatable bonds is 8. The molecule has 0 bridgehead atoms. The molecule has 0 saturated carbocycles. The molecule has 7 nitrogen and oxygen atoms in total. The van der Waals surface area contributed by atoms with E-state index in [0.717, 1.165) is 0 Å². The number of carbonyl (C=O) groups excluding carboxylic acids is 2. The molecular weight excluding hydrogens is 425 g/mol. The van der Waals surface area contributed by atoms with Crippen molar-refractivity contribution in [1.29, 1.82) is 0 Å². The quantitative estimate of drug-likeness (QED) is 0.548. The van der Waals surface area contributed by atoms with Gasteiger partial charge in [0, 0.05) is 23.4 Å². The molecule has 1 heterocycles. The van der Waals surface area contributed by atoms with Crippen LogP contribution in [-0.4, -0.2) is 30.5 Å². The van der Waals surface area contributed by atoms with Crippen molar-refractivity contribution in [3.8, 4) is 11.5 Å². The Morgan fingerprint density at radius 1 is 1.19 bits per heavy atom. The van der Waals surface area contributed by atoms with Gasteiger partial charge in [-0.15, -0.1) is 0 Å². The van der Waals surface area contributed by atoms with Gasteiger partial charge in [0.1, 0.15) is 23.9 Å². The van der Waals surface area contributed by atoms with Crippen molar-refractivity contribution < 1.29 is 23.1 Å². The molecule has 1 aromatic heterocycles. The number of oxazole rings is 1. The fourth-order valence-corrected chi connectivity index (χ4v) is 3.09. The molecule has 0 aliphatic carbocycles. The topological polar surface area (TPSA) is 93.5 Å². The van der Waals surface area contributed by atoms with Crippen LogP contribution in [0.1, 0.15) is 17.0 Å². The second-order valence-electron chi connectivity index (χ2n) is 6.77. The second-order valence-corrected chi connectivity index (χ2v) is 7.18. The van der Waals surface area contributed by atoms with E-state index >= 15 is 0 Å². The Bertz CT molecular complexity index is 1100. The maximum atomic E-state index is 13.1. The molecule has 2 aromatic carbocycles. The first kappa shape index (κ1) is 22.5. The molecular formula is C22H21ClFN3O4. The number of ether oxygens (including phenoxy) is 1. The van der Waals surface area contributed by atoms with Gasteiger partial charge in [0.25, 0.3) is 0 Å². The minimum Gasteiger partial charge on any atom is -0.441 e. The highest BCUT2D eigenvalue weighted by atomic mass is 35.5. The van der Waals surface area contributed by atoms with Crippen molar-refractivity contribution in [2.24, 2.45) is 0 Å². The van der Waals surface area contributed by atoms with Crippen LogP contribution in [0, 0.1) is 12.7 Å². The van der Waals surface area contributed by atoms with E-state index in [9.17, 15) is 14.0 Å². The summed E-state index contributed by atoms with van der Waals surface area (Å²) in [5.74, 6) is -0.0782. The first-order valence-corrected chi connectivity index (χ1v) is 9.79. The van der Waals surface area contributed by atoms with Crippen molar-refractivity contribution in [1.82, 2.24) is 10.3 Å². The summed E-state index contributed by atoms with van der Waals surface area (Å²) in [5, 5.41) is 5.68. The molecule has 162 valence electrons. The fourth-order valence-electron chi connectivity index (χ4n) is 2.86. The van der Waals surface area contributed by atoms with Crippen LogP contribution < -0.4 is 10.6 Å². The summed E-state index contributed by atoms with van der Waals surface area (Å²) in [6.45, 7) is 1.87. The SMILES string of the molecule is COCC(=O)Nc1cccc(-c2nc(CNC(=O)Cc3ccc(F)cc3Cl)c(C)o2)c1. The Morgan fingerprint density at radius 2 is 2.00 bits per heavy atom. The molecule has 0 aliphatic heterocycles. The molecule has 0 unspecified atom stereocenters. The zero-order valence-corrected chi connectivity index (χ0v) is 17.8. The van der Waals surface area contributed by atoms with Crippen molar-refractivity contribution >= 4 is 29.1 Å². The summed E-state index contributed by atoms with van der Waals surface area (Å²) in [6, 6.07) is 11.0. The number of halogens is 2. The maximum absolute atomic E-state index is 13.1. The molecule has 2 N–H and O–H groups in total. The van der Waals surface area contributed by atoms with Gasteiger partial charge in [0.2, 0.25) is 17.7 Å². The average Bonchev–Trinajstić information content (AvgIpc) is 3.09. The van der Waals surface area contributed by atoms with Gasteiger partial charge >= 0.3 is 0 Å². The molecule has 3 aromatic rings. The minimum absolute atomic E-state index is 0.0199. The van der Waals surface area contributed by atoms with E-state index in [4.69, 9.17) is 20.8 Å². The highest BCUT2D eigenvalue weighted by Crippen LogP contribution is 2.24. The first-order valence-electron chi connectivity index (χ1n) is 9.42. The number of nitrogens with one attached hydrogen (secondary N) is 2. The third kappa shape index (κ3) is 6.13. The summed E-state index contributed by atoms with van der Waals surface area (Å²) in [5.41, 5.74) is 2.36. The van der Waals surface area contributed by atoms with Crippen molar-refractivity contribution in [2.75, 3.05) is 19.0 Å². The van der Waals surface area contributed by atoms with E-state index in [1.165, 1.54) is 25.3 Å². The lowest BCUT2D eigenvalue weighted by Gasteiger charge is -2.06. The Kier molecular flexibility index (Phi) is 7.38. The van der Waals surface area contributed by atoms with Crippen LogP contribution in [-0.2, 0) is 27.3 Å². The van der Waals surface area contributed by atoms with E-state index in [-0.39, 0.29) is 36.4 Å². The second kappa shape index (κ2) is 10.2. The summed E-state index contributed by atoms with van der Waals surface area (Å²) in [7, 11) is 1.44. The van der Waals surface area contributed by atoms with E-state index < -0.39 is 5.82 Å². The number of amides is 2. The molecule has 0 spiro atoms. The molecule has 0 aliphatic rings. The Balaban J connectivity index is 1.64. The van der Waals surface area contributed by atoms with Gasteiger partial charge in [-0.05, 0) is 42.8 Å². The van der Waals surface area contributed by atoms with Gasteiger partial charge < -0.3 is 19.8 Å². The molecule has 0 saturated heterocycles. The number of hydrogen-bond acceptors (Lipinski definition) is 5. The first-order chi connectivity index (χ1) is 14.9. The number of nitrogens with zero attached hydrogens (tertiary/aromatic N) is 1. The minimum atomic E-state index is -0.456. The lowest BCUT2D eigenvalue weighted by molar-refractivity contribution is -0.121. The summed E-state index contributed by atoms with van der Waals surface area (Å²) < 4.78 is 23.7. The zero-order chi connectivity index (χ0) is 22.4. The number of anilines is 1. The van der Waals surface area contributed by atoms with Gasteiger partial charge in [-0.1, -0.05) is 23.7 Å². The zero-order valence-electron chi connectivity index (χ0n) is 17.0. The Morgan fingerprint density at radius 3 is 2.74 bits per heavy atom. The highest BCUT2D eigenvalue weighted by molar-refractivity contribution is 6.31. The van der Waals surface area contributed by atoms with Crippen molar-refractivity contribution in [2.45, 2.75) is 19.9 Å². The van der Waals surface area contributed by atoms with Crippen LogP contribution in [0.25, 0.3) is 11.5 Å². The van der Waals surface area contributed by atoms with Gasteiger partial charge in [0.05, 0.1) is 13.0 Å². The number of carbonyl (C=O) groups is 2. The third-order valence-electron chi connectivity index (χ3n) is 4.38. The summed E-state index contributed by atoms with van der Waals surface area (Å²) in [6.07, 6.45) is 0.0199. The van der Waals surface area contributed by atoms with Crippen LogP contribution in [0.4, 0.5) is 10.1 Å². The molecule has 0 atom stereocenters. The van der Waals surface area contributed by atoms with E-state index in [1.54, 1.807) is 31.2 Å². The lowest BCUT2D eigenvalue weighted by atomic mass is 10.1. The highest BCUT2D eigenvalue weighted by Gasteiger charge is 2.14. The maximum Gasteiger partial charge on any atom is 0.250 e. The van der Waals surface area contributed by atoms with Gasteiger partial charge in [0.15, 0.2) is 0 Å². The standard InChI is InChI=1S/C22H21ClFN3O4/c1-13-19(11-25-20(28)9-14-6-7-16(24)10-18(14)23)27-22(31-13)15-4-3-5-17(8-15)26-21(29)12-30-2/h3-8,10H,9,11-12H2,1-2H3,(H,25,28)(H,26,29).